The highest BCUT2D eigenvalue weighted by Gasteiger charge is 2.50. The first-order valence-corrected chi connectivity index (χ1v) is 7.33. The van der Waals surface area contributed by atoms with Crippen LogP contribution in [0.25, 0.3) is 0 Å². The number of ether oxygens (including phenoxy) is 5. The van der Waals surface area contributed by atoms with Crippen LogP contribution < -0.4 is 0 Å². The Morgan fingerprint density at radius 1 is 1.10 bits per heavy atom. The zero-order valence-corrected chi connectivity index (χ0v) is 13.1. The summed E-state index contributed by atoms with van der Waals surface area (Å²) in [5.74, 6) is 0. The summed E-state index contributed by atoms with van der Waals surface area (Å²) in [6, 6.07) is 5.27. The van der Waals surface area contributed by atoms with E-state index in [4.69, 9.17) is 46.9 Å². The lowest BCUT2D eigenvalue weighted by atomic mass is 10.1. The monoisotopic (exact) mass is 334 g/mol. The summed E-state index contributed by atoms with van der Waals surface area (Å²) in [6.07, 6.45) is -1.99. The zero-order valence-electron chi connectivity index (χ0n) is 11.6. The molecule has 0 N–H and O–H groups in total. The van der Waals surface area contributed by atoms with Gasteiger partial charge in [-0.3, -0.25) is 0 Å². The maximum atomic E-state index is 6.20. The minimum Gasteiger partial charge on any atom is -0.373 e. The molecule has 0 radical (unpaired) electrons. The third-order valence-electron chi connectivity index (χ3n) is 3.70. The Hall–Kier alpha value is -0.400. The van der Waals surface area contributed by atoms with Crippen molar-refractivity contribution in [2.24, 2.45) is 0 Å². The molecule has 2 fully saturated rings. The molecule has 2 heterocycles. The van der Waals surface area contributed by atoms with Crippen LogP contribution in [0.4, 0.5) is 0 Å². The molecule has 0 spiro atoms. The number of hydrogen-bond donors (Lipinski definition) is 0. The van der Waals surface area contributed by atoms with E-state index in [9.17, 15) is 0 Å². The lowest BCUT2D eigenvalue weighted by molar-refractivity contribution is -0.254. The minimum atomic E-state index is -0.649. The van der Waals surface area contributed by atoms with E-state index < -0.39 is 12.6 Å². The van der Waals surface area contributed by atoms with Crippen molar-refractivity contribution in [3.63, 3.8) is 0 Å². The second kappa shape index (κ2) is 6.38. The fourth-order valence-electron chi connectivity index (χ4n) is 2.68. The third kappa shape index (κ3) is 2.80. The topological polar surface area (TPSA) is 46.2 Å². The average molecular weight is 335 g/mol. The van der Waals surface area contributed by atoms with E-state index in [1.807, 2.05) is 0 Å². The predicted octanol–water partition coefficient (Wildman–Crippen LogP) is 2.79. The molecule has 2 aliphatic rings. The fraction of sp³-hybridized carbons (Fsp3) is 0.571. The van der Waals surface area contributed by atoms with Crippen molar-refractivity contribution in [3.8, 4) is 0 Å². The highest BCUT2D eigenvalue weighted by Crippen LogP contribution is 2.40. The van der Waals surface area contributed by atoms with Gasteiger partial charge in [0.15, 0.2) is 12.6 Å². The molecule has 116 valence electrons. The Morgan fingerprint density at radius 3 is 2.43 bits per heavy atom. The molecule has 0 aliphatic carbocycles. The zero-order chi connectivity index (χ0) is 15.0. The summed E-state index contributed by atoms with van der Waals surface area (Å²) >= 11 is 12.4. The van der Waals surface area contributed by atoms with Gasteiger partial charge in [-0.2, -0.15) is 0 Å². The summed E-state index contributed by atoms with van der Waals surface area (Å²) in [7, 11) is 3.16. The van der Waals surface area contributed by atoms with Gasteiger partial charge in [0.05, 0.1) is 16.7 Å². The molecule has 0 aromatic heterocycles. The summed E-state index contributed by atoms with van der Waals surface area (Å²) in [6.45, 7) is 0.358. The Kier molecular flexibility index (Phi) is 4.71. The van der Waals surface area contributed by atoms with Crippen molar-refractivity contribution in [3.05, 3.63) is 33.8 Å². The van der Waals surface area contributed by atoms with Crippen LogP contribution in [0.1, 0.15) is 11.9 Å². The van der Waals surface area contributed by atoms with Crippen LogP contribution >= 0.6 is 23.2 Å². The Labute approximate surface area is 133 Å². The first kappa shape index (κ1) is 15.5. The molecule has 5 atom stereocenters. The molecule has 3 rings (SSSR count). The van der Waals surface area contributed by atoms with Gasteiger partial charge >= 0.3 is 0 Å². The molecule has 0 saturated carbocycles. The number of benzene rings is 1. The smallest absolute Gasteiger partial charge is 0.187 e. The number of rotatable bonds is 3. The van der Waals surface area contributed by atoms with Gasteiger partial charge in [0.25, 0.3) is 0 Å². The first-order valence-electron chi connectivity index (χ1n) is 6.57. The largest absolute Gasteiger partial charge is 0.373 e. The molecule has 1 aromatic rings. The molecule has 0 bridgehead atoms. The van der Waals surface area contributed by atoms with Crippen LogP contribution in [0.5, 0.6) is 0 Å². The molecule has 1 unspecified atom stereocenters. The van der Waals surface area contributed by atoms with Crippen LogP contribution in [0.2, 0.25) is 10.0 Å². The van der Waals surface area contributed by atoms with E-state index in [0.717, 1.165) is 0 Å². The maximum absolute atomic E-state index is 6.20. The normalized spacial score (nSPS) is 35.7. The summed E-state index contributed by atoms with van der Waals surface area (Å²) in [5.41, 5.74) is 0.620. The van der Waals surface area contributed by atoms with E-state index >= 15 is 0 Å². The van der Waals surface area contributed by atoms with Crippen LogP contribution in [0.15, 0.2) is 18.2 Å². The van der Waals surface area contributed by atoms with Crippen molar-refractivity contribution in [1.29, 1.82) is 0 Å². The summed E-state index contributed by atoms with van der Waals surface area (Å²) < 4.78 is 28.1. The number of fused-ring (bicyclic) bond motifs is 1. The molecule has 1 aromatic carbocycles. The van der Waals surface area contributed by atoms with Gasteiger partial charge in [0.1, 0.15) is 18.3 Å². The molecule has 21 heavy (non-hydrogen) atoms. The molecule has 5 nitrogen and oxygen atoms in total. The second-order valence-corrected chi connectivity index (χ2v) is 5.69. The number of hydrogen-bond acceptors (Lipinski definition) is 5. The van der Waals surface area contributed by atoms with Crippen LogP contribution in [-0.2, 0) is 23.7 Å². The Bertz CT molecular complexity index is 492. The molecule has 7 heteroatoms. The molecule has 2 aliphatic heterocycles. The van der Waals surface area contributed by atoms with Gasteiger partial charge in [-0.15, -0.1) is 0 Å². The Balaban J connectivity index is 1.83. The van der Waals surface area contributed by atoms with Crippen LogP contribution in [-0.4, -0.2) is 45.4 Å². The molecular formula is C14H16Cl2O5. The van der Waals surface area contributed by atoms with Gasteiger partial charge < -0.3 is 23.7 Å². The molecule has 0 amide bonds. The SMILES string of the molecule is CO[C@H]1O[C@@H]2COC(c3c(Cl)cccc3Cl)O[C@@H]2[C@H]1OC. The lowest BCUT2D eigenvalue weighted by Gasteiger charge is -2.33. The van der Waals surface area contributed by atoms with E-state index in [1.165, 1.54) is 0 Å². The van der Waals surface area contributed by atoms with Crippen molar-refractivity contribution in [2.45, 2.75) is 30.9 Å². The average Bonchev–Trinajstić information content (AvgIpc) is 2.84. The maximum Gasteiger partial charge on any atom is 0.187 e. The van der Waals surface area contributed by atoms with Gasteiger partial charge in [-0.1, -0.05) is 29.3 Å². The van der Waals surface area contributed by atoms with Crippen LogP contribution in [0.3, 0.4) is 0 Å². The number of methoxy groups -OCH3 is 2. The van der Waals surface area contributed by atoms with Crippen molar-refractivity contribution < 1.29 is 23.7 Å². The lowest BCUT2D eigenvalue weighted by Crippen LogP contribution is -2.43. The quantitative estimate of drug-likeness (QED) is 0.850. The predicted molar refractivity (Wildman–Crippen MR) is 76.5 cm³/mol. The third-order valence-corrected chi connectivity index (χ3v) is 4.36. The molecular weight excluding hydrogens is 319 g/mol. The standard InChI is InChI=1S/C14H16Cl2O5/c1-17-12-11-9(20-14(12)18-2)6-19-13(21-11)10-7(15)4-3-5-8(10)16/h3-5,9,11-14H,6H2,1-2H3/t9-,11+,12-,13?,14+/m1/s1. The summed E-state index contributed by atoms with van der Waals surface area (Å²) in [4.78, 5) is 0. The van der Waals surface area contributed by atoms with Crippen molar-refractivity contribution in [1.82, 2.24) is 0 Å². The highest BCUT2D eigenvalue weighted by molar-refractivity contribution is 6.36. The van der Waals surface area contributed by atoms with Crippen molar-refractivity contribution >= 4 is 23.2 Å². The fourth-order valence-corrected chi connectivity index (χ4v) is 3.25. The van der Waals surface area contributed by atoms with E-state index in [-0.39, 0.29) is 18.3 Å². The van der Waals surface area contributed by atoms with Gasteiger partial charge in [0, 0.05) is 19.8 Å². The Morgan fingerprint density at radius 2 is 1.81 bits per heavy atom. The highest BCUT2D eigenvalue weighted by atomic mass is 35.5. The van der Waals surface area contributed by atoms with Crippen molar-refractivity contribution in [2.75, 3.05) is 20.8 Å². The summed E-state index contributed by atoms with van der Waals surface area (Å²) in [5, 5.41) is 1.00. The van der Waals surface area contributed by atoms with E-state index in [1.54, 1.807) is 32.4 Å². The second-order valence-electron chi connectivity index (χ2n) is 4.88. The van der Waals surface area contributed by atoms with Gasteiger partial charge in [-0.25, -0.2) is 0 Å². The van der Waals surface area contributed by atoms with E-state index in [0.29, 0.717) is 22.2 Å². The first-order chi connectivity index (χ1) is 10.2. The van der Waals surface area contributed by atoms with E-state index in [2.05, 4.69) is 0 Å². The van der Waals surface area contributed by atoms with Gasteiger partial charge in [0.2, 0.25) is 0 Å². The minimum absolute atomic E-state index is 0.239. The molecule has 2 saturated heterocycles. The van der Waals surface area contributed by atoms with Crippen LogP contribution in [0, 0.1) is 0 Å². The van der Waals surface area contributed by atoms with Gasteiger partial charge in [-0.05, 0) is 12.1 Å². The number of halogens is 2.